The maximum Gasteiger partial charge on any atom is 0.216 e. The number of nitrogens with one attached hydrogen (secondary N) is 2. The van der Waals surface area contributed by atoms with Gasteiger partial charge in [0.05, 0.1) is 0 Å². The van der Waals surface area contributed by atoms with Crippen molar-refractivity contribution in [1.82, 2.24) is 10.6 Å². The number of carbonyl (C=O) groups excluding carboxylic acids is 2. The molecule has 0 radical (unpaired) electrons. The van der Waals surface area contributed by atoms with Crippen LogP contribution in [0.25, 0.3) is 0 Å². The lowest BCUT2D eigenvalue weighted by Gasteiger charge is -1.80. The van der Waals surface area contributed by atoms with E-state index >= 15 is 0 Å². The lowest BCUT2D eigenvalue weighted by Crippen LogP contribution is -2.11. The standard InChI is InChI=1S/C4H8.C3H7NO.C3H6O.C3H8.C2H7N.C2H6O.C2H6S/c1-4(2)3;1-3(5)4-2;1-3(2)4;4*1-3-2/h1H2,2-3H3;1-2H3,(H,4,5);1-2H3;3H2,1-2H3;3H,1-2H3;2*1-2H3. The molecule has 0 aliphatic carbocycles. The van der Waals surface area contributed by atoms with Crippen LogP contribution >= 0.6 is 11.8 Å². The zero-order chi connectivity index (χ0) is 22.3. The van der Waals surface area contributed by atoms with Crippen molar-refractivity contribution < 1.29 is 14.3 Å². The zero-order valence-electron chi connectivity index (χ0n) is 19.5. The summed E-state index contributed by atoms with van der Waals surface area (Å²) in [6.07, 6.45) is 5.33. The van der Waals surface area contributed by atoms with Crippen LogP contribution in [-0.4, -0.2) is 59.6 Å². The van der Waals surface area contributed by atoms with E-state index < -0.39 is 0 Å². The summed E-state index contributed by atoms with van der Waals surface area (Å²) < 4.78 is 4.25. The van der Waals surface area contributed by atoms with Crippen molar-refractivity contribution in [3.8, 4) is 0 Å². The quantitative estimate of drug-likeness (QED) is 0.605. The average Bonchev–Trinajstić information content (AvgIpc) is 2.41. The van der Waals surface area contributed by atoms with Gasteiger partial charge in [-0.2, -0.15) is 11.8 Å². The van der Waals surface area contributed by atoms with E-state index in [2.05, 4.69) is 35.8 Å². The summed E-state index contributed by atoms with van der Waals surface area (Å²) in [7, 11) is 8.60. The van der Waals surface area contributed by atoms with Crippen molar-refractivity contribution in [1.29, 1.82) is 0 Å². The Labute approximate surface area is 163 Å². The molecule has 0 rings (SSSR count). The van der Waals surface area contributed by atoms with E-state index in [-0.39, 0.29) is 11.7 Å². The zero-order valence-corrected chi connectivity index (χ0v) is 20.4. The number of thioether (sulfide) groups is 1. The minimum absolute atomic E-state index is 0.00463. The van der Waals surface area contributed by atoms with Crippen LogP contribution in [0.2, 0.25) is 0 Å². The van der Waals surface area contributed by atoms with Crippen molar-refractivity contribution in [3.63, 3.8) is 0 Å². The lowest BCUT2D eigenvalue weighted by molar-refractivity contribution is -0.118. The lowest BCUT2D eigenvalue weighted by atomic mass is 10.4. The van der Waals surface area contributed by atoms with Crippen LogP contribution in [0.1, 0.15) is 54.9 Å². The van der Waals surface area contributed by atoms with Gasteiger partial charge in [0, 0.05) is 28.2 Å². The fourth-order valence-corrected chi connectivity index (χ4v) is 0. The highest BCUT2D eigenvalue weighted by Crippen LogP contribution is 1.73. The van der Waals surface area contributed by atoms with Crippen molar-refractivity contribution >= 4 is 23.5 Å². The highest BCUT2D eigenvalue weighted by molar-refractivity contribution is 7.97. The Morgan fingerprint density at radius 1 is 0.920 bits per heavy atom. The van der Waals surface area contributed by atoms with Crippen LogP contribution in [0.3, 0.4) is 0 Å². The van der Waals surface area contributed by atoms with Gasteiger partial charge in [-0.05, 0) is 54.3 Å². The maximum atomic E-state index is 9.70. The Bertz CT molecular complexity index is 197. The fourth-order valence-electron chi connectivity index (χ4n) is 0. The van der Waals surface area contributed by atoms with Crippen molar-refractivity contribution in [2.75, 3.05) is 47.9 Å². The summed E-state index contributed by atoms with van der Waals surface area (Å²) in [6, 6.07) is 0. The van der Waals surface area contributed by atoms with Gasteiger partial charge in [0.15, 0.2) is 0 Å². The molecule has 0 spiro atoms. The molecular formula is C19H48N2O3S. The van der Waals surface area contributed by atoms with Crippen LogP contribution in [0.4, 0.5) is 0 Å². The SMILES string of the molecule is C=C(C)C.CC(C)=O.CCC.CNC.CNC(C)=O.COC.CSC. The molecule has 0 aromatic carbocycles. The van der Waals surface area contributed by atoms with Gasteiger partial charge in [-0.25, -0.2) is 0 Å². The second-order valence-corrected chi connectivity index (χ2v) is 5.76. The molecule has 158 valence electrons. The van der Waals surface area contributed by atoms with Crippen LogP contribution in [0.5, 0.6) is 0 Å². The molecule has 0 heterocycles. The number of ether oxygens (including phenoxy) is 1. The number of rotatable bonds is 0. The van der Waals surface area contributed by atoms with E-state index in [0.717, 1.165) is 0 Å². The smallest absolute Gasteiger partial charge is 0.216 e. The van der Waals surface area contributed by atoms with Crippen LogP contribution in [0, 0.1) is 0 Å². The maximum absolute atomic E-state index is 9.70. The fraction of sp³-hybridized carbons (Fsp3) is 0.789. The van der Waals surface area contributed by atoms with Gasteiger partial charge in [-0.15, -0.1) is 6.58 Å². The highest BCUT2D eigenvalue weighted by atomic mass is 32.2. The summed E-state index contributed by atoms with van der Waals surface area (Å²) in [5.41, 5.74) is 1.17. The Morgan fingerprint density at radius 3 is 0.960 bits per heavy atom. The first-order chi connectivity index (χ1) is 11.4. The van der Waals surface area contributed by atoms with Crippen LogP contribution in [-0.2, 0) is 14.3 Å². The largest absolute Gasteiger partial charge is 0.388 e. The number of methoxy groups -OCH3 is 1. The first kappa shape index (κ1) is 44.0. The second kappa shape index (κ2) is 65.7. The topological polar surface area (TPSA) is 67.4 Å². The van der Waals surface area contributed by atoms with E-state index in [1.807, 2.05) is 40.5 Å². The third-order valence-electron chi connectivity index (χ3n) is 0.352. The van der Waals surface area contributed by atoms with Gasteiger partial charge in [0.1, 0.15) is 5.78 Å². The Hall–Kier alpha value is -0.850. The molecule has 0 unspecified atom stereocenters. The normalized spacial score (nSPS) is 6.32. The summed E-state index contributed by atoms with van der Waals surface area (Å²) >= 11 is 1.75. The van der Waals surface area contributed by atoms with Crippen molar-refractivity contribution in [3.05, 3.63) is 12.2 Å². The minimum Gasteiger partial charge on any atom is -0.388 e. The van der Waals surface area contributed by atoms with Crippen molar-refractivity contribution in [2.24, 2.45) is 0 Å². The first-order valence-electron chi connectivity index (χ1n) is 8.06. The predicted octanol–water partition coefficient (Wildman–Crippen LogP) is 4.42. The first-order valence-corrected chi connectivity index (χ1v) is 9.69. The molecule has 0 atom stereocenters. The van der Waals surface area contributed by atoms with Crippen LogP contribution < -0.4 is 10.6 Å². The predicted molar refractivity (Wildman–Crippen MR) is 120 cm³/mol. The summed E-state index contributed by atoms with van der Waals surface area (Å²) in [5, 5.41) is 5.14. The summed E-state index contributed by atoms with van der Waals surface area (Å²) in [6.45, 7) is 16.3. The van der Waals surface area contributed by atoms with Gasteiger partial charge in [-0.3, -0.25) is 4.79 Å². The second-order valence-electron chi connectivity index (χ2n) is 4.95. The Morgan fingerprint density at radius 2 is 0.960 bits per heavy atom. The van der Waals surface area contributed by atoms with Gasteiger partial charge < -0.3 is 20.2 Å². The molecule has 1 amide bonds. The number of allylic oxidation sites excluding steroid dienone is 1. The van der Waals surface area contributed by atoms with E-state index in [1.54, 1.807) is 33.0 Å². The Kier molecular flexibility index (Phi) is 116. The molecule has 0 aromatic heterocycles. The van der Waals surface area contributed by atoms with Crippen LogP contribution in [0.15, 0.2) is 12.2 Å². The summed E-state index contributed by atoms with van der Waals surface area (Å²) in [5.74, 6) is 0.171. The van der Waals surface area contributed by atoms with Crippen molar-refractivity contribution in [2.45, 2.75) is 54.9 Å². The molecule has 25 heavy (non-hydrogen) atoms. The molecule has 0 aliphatic rings. The van der Waals surface area contributed by atoms with Gasteiger partial charge in [-0.1, -0.05) is 25.8 Å². The molecule has 0 aromatic rings. The van der Waals surface area contributed by atoms with E-state index in [0.29, 0.717) is 0 Å². The summed E-state index contributed by atoms with van der Waals surface area (Å²) in [4.78, 5) is 19.1. The van der Waals surface area contributed by atoms with Gasteiger partial charge in [0.25, 0.3) is 0 Å². The number of carbonyl (C=O) groups is 2. The molecule has 5 nitrogen and oxygen atoms in total. The molecule has 2 N–H and O–H groups in total. The molecular weight excluding hydrogens is 336 g/mol. The Balaban J connectivity index is -0.0000000306. The number of ketones is 1. The van der Waals surface area contributed by atoms with E-state index in [4.69, 9.17) is 0 Å². The molecule has 6 heteroatoms. The molecule has 0 aliphatic heterocycles. The molecule has 0 fully saturated rings. The highest BCUT2D eigenvalue weighted by Gasteiger charge is 1.72. The average molecular weight is 385 g/mol. The number of amides is 1. The van der Waals surface area contributed by atoms with E-state index in [1.165, 1.54) is 32.8 Å². The minimum atomic E-state index is 0.00463. The van der Waals surface area contributed by atoms with Gasteiger partial charge in [0.2, 0.25) is 5.91 Å². The number of hydrogen-bond donors (Lipinski definition) is 2. The molecule has 0 bridgehead atoms. The number of hydrogen-bond acceptors (Lipinski definition) is 5. The van der Waals surface area contributed by atoms with Gasteiger partial charge >= 0.3 is 0 Å². The molecule has 0 saturated heterocycles. The number of Topliss-reactive ketones (excluding diaryl/α,β-unsaturated/α-hetero) is 1. The van der Waals surface area contributed by atoms with E-state index in [9.17, 15) is 9.59 Å². The monoisotopic (exact) mass is 384 g/mol. The third kappa shape index (κ3) is 7830. The third-order valence-corrected chi connectivity index (χ3v) is 0.352. The molecule has 0 saturated carbocycles.